The summed E-state index contributed by atoms with van der Waals surface area (Å²) in [5.74, 6) is -6.84. The number of aliphatic carboxylic acids is 1. The zero-order valence-electron chi connectivity index (χ0n) is 29.2. The number of hydrogen-bond donors (Lipinski definition) is 1. The first-order valence-corrected chi connectivity index (χ1v) is 17.1. The molecule has 0 saturated carbocycles. The quantitative estimate of drug-likeness (QED) is 0.238. The molecule has 1 amide bonds. The lowest BCUT2D eigenvalue weighted by atomic mass is 9.98. The van der Waals surface area contributed by atoms with Crippen LogP contribution in [0, 0.1) is 0 Å². The van der Waals surface area contributed by atoms with Gasteiger partial charge in [-0.25, -0.2) is 4.79 Å². The van der Waals surface area contributed by atoms with E-state index in [0.29, 0.717) is 19.3 Å². The third kappa shape index (κ3) is 17.4. The van der Waals surface area contributed by atoms with Crippen molar-refractivity contribution >= 4 is 41.7 Å². The summed E-state index contributed by atoms with van der Waals surface area (Å²) in [6.45, 7) is 4.45. The average molecular weight is 686 g/mol. The van der Waals surface area contributed by atoms with Gasteiger partial charge in [-0.05, 0) is 12.8 Å². The second-order valence-corrected chi connectivity index (χ2v) is 12.3. The van der Waals surface area contributed by atoms with E-state index in [1.54, 1.807) is 0 Å². The monoisotopic (exact) mass is 685 g/mol. The molecule has 0 aromatic heterocycles. The molecule has 0 radical (unpaired) electrons. The normalized spacial score (nSPS) is 19.9. The maximum Gasteiger partial charge on any atom is 0.326 e. The van der Waals surface area contributed by atoms with Gasteiger partial charge in [-0.2, -0.15) is 0 Å². The Labute approximate surface area is 283 Å². The molecule has 0 bridgehead atoms. The molecule has 48 heavy (non-hydrogen) atoms. The maximum atomic E-state index is 14.5. The maximum absolute atomic E-state index is 14.5. The summed E-state index contributed by atoms with van der Waals surface area (Å²) in [6, 6.07) is -1.30. The molecule has 0 aromatic carbocycles. The van der Waals surface area contributed by atoms with E-state index in [-0.39, 0.29) is 13.0 Å². The molecule has 14 nitrogen and oxygen atoms in total. The molecule has 1 N–H and O–H groups in total. The number of amides is 1. The summed E-state index contributed by atoms with van der Waals surface area (Å²) in [4.78, 5) is 89.1. The Bertz CT molecular complexity index is 1060. The van der Waals surface area contributed by atoms with E-state index in [4.69, 9.17) is 23.7 Å². The molecule has 274 valence electrons. The minimum absolute atomic E-state index is 0.000585. The first-order chi connectivity index (χ1) is 22.7. The number of ether oxygens (including phenoxy) is 5. The largest absolute Gasteiger partial charge is 0.480 e. The van der Waals surface area contributed by atoms with E-state index in [1.165, 1.54) is 19.3 Å². The van der Waals surface area contributed by atoms with Crippen LogP contribution in [0.25, 0.3) is 0 Å². The highest BCUT2D eigenvalue weighted by Gasteiger charge is 2.49. The molecular formula is C34H55NO13. The zero-order chi connectivity index (χ0) is 36.1. The van der Waals surface area contributed by atoms with Crippen LogP contribution in [0.1, 0.15) is 131 Å². The number of carboxylic acids is 1. The Morgan fingerprint density at radius 3 is 1.40 bits per heavy atom. The molecular weight excluding hydrogens is 630 g/mol. The number of esters is 5. The summed E-state index contributed by atoms with van der Waals surface area (Å²) in [7, 11) is 0. The lowest BCUT2D eigenvalue weighted by molar-refractivity contribution is -0.205. The third-order valence-corrected chi connectivity index (χ3v) is 7.97. The van der Waals surface area contributed by atoms with Gasteiger partial charge in [0.05, 0.1) is 0 Å². The number of carbonyl (C=O) groups is 7. The van der Waals surface area contributed by atoms with Crippen LogP contribution < -0.4 is 0 Å². The topological polar surface area (TPSA) is 189 Å². The zero-order valence-corrected chi connectivity index (χ0v) is 29.2. The van der Waals surface area contributed by atoms with Crippen molar-refractivity contribution in [1.29, 1.82) is 0 Å². The van der Waals surface area contributed by atoms with Crippen LogP contribution in [0.3, 0.4) is 0 Å². The van der Waals surface area contributed by atoms with Crippen molar-refractivity contribution < 1.29 is 62.4 Å². The smallest absolute Gasteiger partial charge is 0.326 e. The van der Waals surface area contributed by atoms with Crippen LogP contribution in [0.4, 0.5) is 0 Å². The van der Waals surface area contributed by atoms with E-state index in [2.05, 4.69) is 0 Å². The van der Waals surface area contributed by atoms with Crippen LogP contribution in [-0.4, -0.2) is 95.3 Å². The first-order valence-electron chi connectivity index (χ1n) is 17.1. The predicted molar refractivity (Wildman–Crippen MR) is 171 cm³/mol. The average Bonchev–Trinajstić information content (AvgIpc) is 2.98. The minimum atomic E-state index is -2.02. The van der Waals surface area contributed by atoms with Gasteiger partial charge in [0.2, 0.25) is 6.10 Å². The van der Waals surface area contributed by atoms with Crippen molar-refractivity contribution in [3.8, 4) is 0 Å². The van der Waals surface area contributed by atoms with E-state index < -0.39 is 78.8 Å². The molecule has 1 heterocycles. The molecule has 1 aliphatic rings. The van der Waals surface area contributed by atoms with Crippen molar-refractivity contribution in [3.05, 3.63) is 0 Å². The second-order valence-electron chi connectivity index (χ2n) is 12.3. The van der Waals surface area contributed by atoms with E-state index in [1.807, 2.05) is 0 Å². The standard InChI is InChI=1S/C34H55NO13/c1-23(36)44-22-29(45-24(2)37)30(46-25(3)38)31(47-26(4)39)32(48-27(5)40)33(41)35-21-19-17-15-13-11-9-7-6-8-10-12-14-16-18-20-28(35)34(42)43/h28-32H,6-22H2,1-5H3,(H,42,43)/t28?,29-,30-,31+,32-/m1/s1. The van der Waals surface area contributed by atoms with Crippen LogP contribution in [0.2, 0.25) is 0 Å². The Morgan fingerprint density at radius 1 is 0.562 bits per heavy atom. The molecule has 1 aliphatic heterocycles. The molecule has 1 rings (SSSR count). The summed E-state index contributed by atoms with van der Waals surface area (Å²) in [5, 5.41) is 10.3. The van der Waals surface area contributed by atoms with E-state index in [0.717, 1.165) is 90.9 Å². The fourth-order valence-corrected chi connectivity index (χ4v) is 5.82. The highest BCUT2D eigenvalue weighted by molar-refractivity contribution is 5.89. The second kappa shape index (κ2) is 23.6. The van der Waals surface area contributed by atoms with Gasteiger partial charge < -0.3 is 33.7 Å². The molecule has 0 aliphatic carbocycles. The van der Waals surface area contributed by atoms with Gasteiger partial charge in [0.15, 0.2) is 18.3 Å². The van der Waals surface area contributed by atoms with Crippen LogP contribution in [0.5, 0.6) is 0 Å². The van der Waals surface area contributed by atoms with Crippen LogP contribution in [-0.2, 0) is 57.2 Å². The van der Waals surface area contributed by atoms with E-state index in [9.17, 15) is 38.7 Å². The summed E-state index contributed by atoms with van der Waals surface area (Å²) < 4.78 is 26.6. The Balaban J connectivity index is 3.65. The Kier molecular flexibility index (Phi) is 20.8. The van der Waals surface area contributed by atoms with Gasteiger partial charge in [0.25, 0.3) is 5.91 Å². The first kappa shape index (κ1) is 42.3. The van der Waals surface area contributed by atoms with Gasteiger partial charge in [-0.15, -0.1) is 0 Å². The highest BCUT2D eigenvalue weighted by atomic mass is 16.6. The van der Waals surface area contributed by atoms with Crippen molar-refractivity contribution in [2.45, 2.75) is 161 Å². The van der Waals surface area contributed by atoms with Crippen LogP contribution >= 0.6 is 0 Å². The lowest BCUT2D eigenvalue weighted by Gasteiger charge is -2.38. The summed E-state index contributed by atoms with van der Waals surface area (Å²) >= 11 is 0. The van der Waals surface area contributed by atoms with E-state index >= 15 is 0 Å². The number of carboxylic acid groups (broad SMARTS) is 1. The molecule has 0 aromatic rings. The van der Waals surface area contributed by atoms with Gasteiger partial charge in [0.1, 0.15) is 12.6 Å². The SMILES string of the molecule is CC(=O)OC[C@@H](OC(C)=O)[C@@H](OC(C)=O)[C@H](OC(C)=O)[C@@H](OC(C)=O)C(=O)N1CCCCCCCCCCCCCCCCC1C(=O)O. The van der Waals surface area contributed by atoms with Gasteiger partial charge in [-0.1, -0.05) is 83.5 Å². The minimum Gasteiger partial charge on any atom is -0.480 e. The summed E-state index contributed by atoms with van der Waals surface area (Å²) in [5.41, 5.74) is 0. The molecule has 14 heteroatoms. The molecule has 5 atom stereocenters. The number of carbonyl (C=O) groups excluding carboxylic acids is 6. The molecule has 1 fully saturated rings. The third-order valence-electron chi connectivity index (χ3n) is 7.97. The van der Waals surface area contributed by atoms with Crippen molar-refractivity contribution in [2.24, 2.45) is 0 Å². The van der Waals surface area contributed by atoms with Gasteiger partial charge in [0, 0.05) is 41.2 Å². The van der Waals surface area contributed by atoms with Crippen molar-refractivity contribution in [3.63, 3.8) is 0 Å². The predicted octanol–water partition coefficient (Wildman–Crippen LogP) is 4.42. The van der Waals surface area contributed by atoms with Crippen molar-refractivity contribution in [2.75, 3.05) is 13.2 Å². The Morgan fingerprint density at radius 2 is 0.979 bits per heavy atom. The molecule has 1 unspecified atom stereocenters. The Hall–Kier alpha value is -3.71. The van der Waals surface area contributed by atoms with Crippen LogP contribution in [0.15, 0.2) is 0 Å². The van der Waals surface area contributed by atoms with Gasteiger partial charge in [-0.3, -0.25) is 28.8 Å². The highest BCUT2D eigenvalue weighted by Crippen LogP contribution is 2.25. The number of rotatable bonds is 11. The number of hydrogen-bond acceptors (Lipinski definition) is 12. The number of nitrogens with zero attached hydrogens (tertiary/aromatic N) is 1. The molecule has 0 spiro atoms. The summed E-state index contributed by atoms with van der Waals surface area (Å²) in [6.07, 6.45) is 6.04. The fourth-order valence-electron chi connectivity index (χ4n) is 5.82. The van der Waals surface area contributed by atoms with Crippen molar-refractivity contribution in [1.82, 2.24) is 4.90 Å². The molecule has 1 saturated heterocycles. The lowest BCUT2D eigenvalue weighted by Crippen LogP contribution is -2.59. The van der Waals surface area contributed by atoms with Gasteiger partial charge >= 0.3 is 35.8 Å². The fraction of sp³-hybridized carbons (Fsp3) is 0.794.